The molecule has 4 rings (SSSR count). The molecule has 0 aliphatic carbocycles. The van der Waals surface area contributed by atoms with Crippen molar-refractivity contribution < 1.29 is 14.3 Å². The van der Waals surface area contributed by atoms with Gasteiger partial charge in [-0.25, -0.2) is 9.78 Å². The van der Waals surface area contributed by atoms with Crippen LogP contribution in [-0.2, 0) is 17.7 Å². The minimum absolute atomic E-state index is 0.184. The Morgan fingerprint density at radius 2 is 2.03 bits per heavy atom. The van der Waals surface area contributed by atoms with E-state index >= 15 is 0 Å². The van der Waals surface area contributed by atoms with Crippen molar-refractivity contribution in [3.05, 3.63) is 16.8 Å². The molecule has 0 bridgehead atoms. The monoisotopic (exact) mass is 495 g/mol. The third kappa shape index (κ3) is 5.66. The number of hydrogen-bond acceptors (Lipinski definition) is 9. The molecule has 4 heterocycles. The van der Waals surface area contributed by atoms with Gasteiger partial charge in [0.2, 0.25) is 5.88 Å². The SMILES string of the molecule is CN1CCC[C@H]1COc1nc2c(c(N3CCN(C(=O)OC(C)(C)C)C(CC#N)C3)c1C#N)CCNC2. The van der Waals surface area contributed by atoms with Crippen molar-refractivity contribution in [3.63, 3.8) is 0 Å². The van der Waals surface area contributed by atoms with Crippen LogP contribution in [0.3, 0.4) is 0 Å². The van der Waals surface area contributed by atoms with E-state index in [-0.39, 0.29) is 12.5 Å². The van der Waals surface area contributed by atoms with E-state index in [1.807, 2.05) is 20.8 Å². The Hall–Kier alpha value is -3.08. The maximum absolute atomic E-state index is 12.9. The van der Waals surface area contributed by atoms with Crippen molar-refractivity contribution in [1.29, 1.82) is 10.5 Å². The fourth-order valence-corrected chi connectivity index (χ4v) is 5.28. The molecule has 3 aliphatic rings. The number of fused-ring (bicyclic) bond motifs is 1. The molecule has 0 spiro atoms. The summed E-state index contributed by atoms with van der Waals surface area (Å²) in [6.45, 7) is 9.85. The summed E-state index contributed by atoms with van der Waals surface area (Å²) in [5.41, 5.74) is 2.62. The molecule has 10 heteroatoms. The average molecular weight is 496 g/mol. The van der Waals surface area contributed by atoms with Gasteiger partial charge in [-0.1, -0.05) is 0 Å². The second kappa shape index (κ2) is 10.9. The Bertz CT molecular complexity index is 1060. The number of aromatic nitrogens is 1. The third-order valence-electron chi connectivity index (χ3n) is 7.12. The van der Waals surface area contributed by atoms with Gasteiger partial charge in [0.25, 0.3) is 0 Å². The van der Waals surface area contributed by atoms with E-state index in [1.165, 1.54) is 0 Å². The lowest BCUT2D eigenvalue weighted by Crippen LogP contribution is -2.56. The number of hydrogen-bond donors (Lipinski definition) is 1. The van der Waals surface area contributed by atoms with E-state index in [9.17, 15) is 15.3 Å². The van der Waals surface area contributed by atoms with E-state index in [0.717, 1.165) is 49.3 Å². The van der Waals surface area contributed by atoms with E-state index < -0.39 is 11.7 Å². The van der Waals surface area contributed by atoms with Crippen LogP contribution in [0.1, 0.15) is 56.9 Å². The highest BCUT2D eigenvalue weighted by Gasteiger charge is 2.36. The first-order chi connectivity index (χ1) is 17.2. The summed E-state index contributed by atoms with van der Waals surface area (Å²) in [5.74, 6) is 0.377. The molecule has 2 fully saturated rings. The van der Waals surface area contributed by atoms with Gasteiger partial charge in [-0.3, -0.25) is 0 Å². The Balaban J connectivity index is 1.64. The van der Waals surface area contributed by atoms with Crippen LogP contribution in [0, 0.1) is 22.7 Å². The molecule has 36 heavy (non-hydrogen) atoms. The Labute approximate surface area is 213 Å². The highest BCUT2D eigenvalue weighted by atomic mass is 16.6. The van der Waals surface area contributed by atoms with Gasteiger partial charge in [-0.2, -0.15) is 10.5 Å². The number of nitrogens with zero attached hydrogens (tertiary/aromatic N) is 6. The number of likely N-dealkylation sites (N-methyl/N-ethyl adjacent to an activating group) is 1. The predicted octanol–water partition coefficient (Wildman–Crippen LogP) is 2.41. The number of amides is 1. The van der Waals surface area contributed by atoms with Crippen LogP contribution in [0.5, 0.6) is 5.88 Å². The number of carbonyl (C=O) groups is 1. The number of ether oxygens (including phenoxy) is 2. The standard InChI is InChI=1S/C26H37N7O3/c1-26(2,3)36-25(34)33-13-12-32(16-18(33)7-9-27)23-20-8-10-29-15-22(20)30-24(21(23)14-28)35-17-19-6-5-11-31(19)4/h18-19,29H,5-8,10-13,15-17H2,1-4H3/t18?,19-/m0/s1. The molecule has 194 valence electrons. The summed E-state index contributed by atoms with van der Waals surface area (Å²) in [7, 11) is 2.10. The second-order valence-electron chi connectivity index (χ2n) is 10.8. The maximum atomic E-state index is 12.9. The number of likely N-dealkylation sites (tertiary alicyclic amines) is 1. The number of pyridine rings is 1. The van der Waals surface area contributed by atoms with Crippen molar-refractivity contribution in [2.24, 2.45) is 0 Å². The third-order valence-corrected chi connectivity index (χ3v) is 7.12. The molecule has 0 radical (unpaired) electrons. The number of rotatable bonds is 5. The first-order valence-electron chi connectivity index (χ1n) is 12.8. The fourth-order valence-electron chi connectivity index (χ4n) is 5.28. The molecule has 2 atom stereocenters. The first kappa shape index (κ1) is 26.0. The van der Waals surface area contributed by atoms with Crippen molar-refractivity contribution in [1.82, 2.24) is 20.1 Å². The van der Waals surface area contributed by atoms with Crippen LogP contribution < -0.4 is 15.0 Å². The molecule has 10 nitrogen and oxygen atoms in total. The van der Waals surface area contributed by atoms with E-state index in [1.54, 1.807) is 4.90 Å². The summed E-state index contributed by atoms with van der Waals surface area (Å²) in [4.78, 5) is 23.7. The van der Waals surface area contributed by atoms with Crippen LogP contribution in [0.25, 0.3) is 0 Å². The van der Waals surface area contributed by atoms with Crippen LogP contribution in [0.2, 0.25) is 0 Å². The van der Waals surface area contributed by atoms with E-state index in [4.69, 9.17) is 14.5 Å². The second-order valence-corrected chi connectivity index (χ2v) is 10.8. The van der Waals surface area contributed by atoms with Crippen LogP contribution in [-0.4, -0.2) is 84.9 Å². The normalized spacial score (nSPS) is 22.5. The molecule has 1 unspecified atom stereocenters. The van der Waals surface area contributed by atoms with Gasteiger partial charge in [0.05, 0.1) is 29.9 Å². The number of nitrogens with one attached hydrogen (secondary N) is 1. The predicted molar refractivity (Wildman–Crippen MR) is 135 cm³/mol. The van der Waals surface area contributed by atoms with Gasteiger partial charge >= 0.3 is 6.09 Å². The van der Waals surface area contributed by atoms with Gasteiger partial charge < -0.3 is 29.5 Å². The van der Waals surface area contributed by atoms with Crippen molar-refractivity contribution >= 4 is 11.8 Å². The number of nitriles is 2. The molecule has 1 aromatic heterocycles. The van der Waals surface area contributed by atoms with Crippen molar-refractivity contribution in [3.8, 4) is 18.0 Å². The number of piperazine rings is 1. The van der Waals surface area contributed by atoms with Crippen LogP contribution >= 0.6 is 0 Å². The van der Waals surface area contributed by atoms with Crippen LogP contribution in [0.15, 0.2) is 0 Å². The van der Waals surface area contributed by atoms with Gasteiger partial charge in [0, 0.05) is 37.8 Å². The van der Waals surface area contributed by atoms with Gasteiger partial charge in [0.15, 0.2) is 0 Å². The molecule has 1 aromatic rings. The molecule has 0 aromatic carbocycles. The summed E-state index contributed by atoms with van der Waals surface area (Å²) in [6.07, 6.45) is 2.75. The van der Waals surface area contributed by atoms with Crippen molar-refractivity contribution in [2.45, 2.75) is 70.7 Å². The average Bonchev–Trinajstić information content (AvgIpc) is 3.25. The Kier molecular flexibility index (Phi) is 7.87. The summed E-state index contributed by atoms with van der Waals surface area (Å²) in [5, 5.41) is 23.1. The zero-order valence-electron chi connectivity index (χ0n) is 21.8. The topological polar surface area (TPSA) is 118 Å². The molecule has 0 saturated carbocycles. The quantitative estimate of drug-likeness (QED) is 0.657. The Morgan fingerprint density at radius 3 is 2.69 bits per heavy atom. The lowest BCUT2D eigenvalue weighted by atomic mass is 9.98. The molecule has 1 amide bonds. The summed E-state index contributed by atoms with van der Waals surface area (Å²) < 4.78 is 11.8. The van der Waals surface area contributed by atoms with Crippen LogP contribution in [0.4, 0.5) is 10.5 Å². The summed E-state index contributed by atoms with van der Waals surface area (Å²) in [6, 6.07) is 4.57. The molecule has 2 saturated heterocycles. The molecule has 1 N–H and O–H groups in total. The minimum atomic E-state index is -0.615. The van der Waals surface area contributed by atoms with Crippen molar-refractivity contribution in [2.75, 3.05) is 51.3 Å². The number of anilines is 1. The van der Waals surface area contributed by atoms with E-state index in [2.05, 4.69) is 34.3 Å². The zero-order chi connectivity index (χ0) is 25.9. The van der Waals surface area contributed by atoms with Gasteiger partial charge in [-0.15, -0.1) is 0 Å². The zero-order valence-corrected chi connectivity index (χ0v) is 21.8. The highest BCUT2D eigenvalue weighted by molar-refractivity contribution is 5.72. The minimum Gasteiger partial charge on any atom is -0.475 e. The smallest absolute Gasteiger partial charge is 0.410 e. The maximum Gasteiger partial charge on any atom is 0.410 e. The largest absolute Gasteiger partial charge is 0.475 e. The number of carbonyl (C=O) groups excluding carboxylic acids is 1. The molecule has 3 aliphatic heterocycles. The first-order valence-corrected chi connectivity index (χ1v) is 12.8. The lowest BCUT2D eigenvalue weighted by Gasteiger charge is -2.43. The molecular weight excluding hydrogens is 458 g/mol. The van der Waals surface area contributed by atoms with E-state index in [0.29, 0.717) is 50.3 Å². The van der Waals surface area contributed by atoms with Gasteiger partial charge in [-0.05, 0) is 60.2 Å². The van der Waals surface area contributed by atoms with Gasteiger partial charge in [0.1, 0.15) is 23.8 Å². The Morgan fingerprint density at radius 1 is 1.22 bits per heavy atom. The fraction of sp³-hybridized carbons (Fsp3) is 0.692. The summed E-state index contributed by atoms with van der Waals surface area (Å²) >= 11 is 0. The highest BCUT2D eigenvalue weighted by Crippen LogP contribution is 2.37. The molecular formula is C26H37N7O3. The lowest BCUT2D eigenvalue weighted by molar-refractivity contribution is 0.0145.